The lowest BCUT2D eigenvalue weighted by atomic mass is 9.78. The molecule has 2 aliphatic rings. The lowest BCUT2D eigenvalue weighted by Gasteiger charge is -2.35. The summed E-state index contributed by atoms with van der Waals surface area (Å²) in [6.45, 7) is 2.11. The van der Waals surface area contributed by atoms with Crippen molar-refractivity contribution in [3.63, 3.8) is 0 Å². The van der Waals surface area contributed by atoms with Crippen LogP contribution < -0.4 is 27.0 Å². The first-order valence-corrected chi connectivity index (χ1v) is 25.2. The number of likely N-dealkylation sites (tertiary alicyclic amines) is 1. The molecule has 2 saturated heterocycles. The third-order valence-electron chi connectivity index (χ3n) is 12.8. The van der Waals surface area contributed by atoms with Crippen molar-refractivity contribution in [2.45, 2.75) is 95.3 Å². The summed E-state index contributed by atoms with van der Waals surface area (Å²) in [6.07, 6.45) is 2.01. The Kier molecular flexibility index (Phi) is 27.5. The number of carbonyl (C=O) groups is 9. The van der Waals surface area contributed by atoms with Gasteiger partial charge < -0.3 is 67.3 Å². The summed E-state index contributed by atoms with van der Waals surface area (Å²) in [5.41, 5.74) is 6.92. The van der Waals surface area contributed by atoms with Gasteiger partial charge >= 0.3 is 31.0 Å². The molecule has 5 amide bonds. The van der Waals surface area contributed by atoms with Gasteiger partial charge in [0, 0.05) is 111 Å². The van der Waals surface area contributed by atoms with Crippen LogP contribution in [0.4, 0.5) is 0 Å². The minimum absolute atomic E-state index is 0.0258. The van der Waals surface area contributed by atoms with Crippen LogP contribution in [-0.2, 0) is 44.9 Å². The number of amides is 5. The van der Waals surface area contributed by atoms with Crippen molar-refractivity contribution < 1.29 is 73.6 Å². The van der Waals surface area contributed by atoms with E-state index >= 15 is 0 Å². The smallest absolute Gasteiger partial charge is 0.475 e. The number of carbonyl (C=O) groups excluding carboxylic acids is 5. The van der Waals surface area contributed by atoms with Gasteiger partial charge in [0.1, 0.15) is 18.1 Å². The Morgan fingerprint density at radius 1 is 0.720 bits per heavy atom. The highest BCUT2D eigenvalue weighted by molar-refractivity contribution is 6.43. The predicted molar refractivity (Wildman–Crippen MR) is 273 cm³/mol. The van der Waals surface area contributed by atoms with Crippen LogP contribution in [0.5, 0.6) is 0 Å². The number of hydrogen-bond acceptors (Lipinski definition) is 16. The number of nitrogens with one attached hydrogen (secondary N) is 4. The standard InChI is InChI=1S/C47H77BN12O15/c1-32(45(71)60-19-7-9-37(60)48(74)75)53-43(69)34-13-11-33(12-14-34)28-52-38(61)10-4-5-17-50-44(70)35(8-6-18-51-47(49)55(2)3)54-39(62)16-15-36(46(72)73)59-26-24-57(30-41(65)66)22-20-56(29-40(63)64)21-23-58(25-27-59)31-42(67)68/h11-14,32,35-37,74-75H,4-10,15-31H2,1-3H3,(H2,49,51)(H,50,70)(H,52,61)(H,53,69)(H,54,62)(H,63,64)(H,65,66)(H,67,68)(H,72,73)/t32-,35+,36-,37+/m1/s1. The molecular formula is C47H77BN12O15. The second-order valence-corrected chi connectivity index (χ2v) is 18.9. The van der Waals surface area contributed by atoms with Crippen LogP contribution in [0.25, 0.3) is 0 Å². The molecule has 0 aliphatic carbocycles. The predicted octanol–water partition coefficient (Wildman–Crippen LogP) is -3.44. The van der Waals surface area contributed by atoms with Crippen LogP contribution in [0.15, 0.2) is 29.3 Å². The van der Waals surface area contributed by atoms with Gasteiger partial charge in [0.05, 0.1) is 25.6 Å². The van der Waals surface area contributed by atoms with E-state index in [1.165, 1.54) is 11.8 Å². The summed E-state index contributed by atoms with van der Waals surface area (Å²) < 4.78 is 0. The Morgan fingerprint density at radius 2 is 1.28 bits per heavy atom. The van der Waals surface area contributed by atoms with E-state index in [-0.39, 0.29) is 122 Å². The highest BCUT2D eigenvalue weighted by Crippen LogP contribution is 2.19. The molecule has 0 bridgehead atoms. The van der Waals surface area contributed by atoms with Gasteiger partial charge in [-0.05, 0) is 69.6 Å². The van der Waals surface area contributed by atoms with Crippen LogP contribution >= 0.6 is 0 Å². The Morgan fingerprint density at radius 3 is 1.80 bits per heavy atom. The fraction of sp³-hybridized carbons (Fsp3) is 0.660. The van der Waals surface area contributed by atoms with E-state index in [0.717, 1.165) is 0 Å². The van der Waals surface area contributed by atoms with Gasteiger partial charge in [-0.25, -0.2) is 0 Å². The summed E-state index contributed by atoms with van der Waals surface area (Å²) in [6, 6.07) is 3.26. The number of nitrogens with zero attached hydrogens (tertiary/aromatic N) is 7. The molecule has 2 heterocycles. The van der Waals surface area contributed by atoms with Crippen molar-refractivity contribution in [1.29, 1.82) is 0 Å². The number of hydrogen-bond donors (Lipinski definition) is 11. The molecule has 0 saturated carbocycles. The van der Waals surface area contributed by atoms with Gasteiger partial charge in [0.2, 0.25) is 23.6 Å². The summed E-state index contributed by atoms with van der Waals surface area (Å²) >= 11 is 0. The monoisotopic (exact) mass is 1060 g/mol. The zero-order valence-corrected chi connectivity index (χ0v) is 43.2. The maximum absolute atomic E-state index is 13.5. The molecular weight excluding hydrogens is 983 g/mol. The number of carboxylic acids is 4. The lowest BCUT2D eigenvalue weighted by molar-refractivity contribution is -0.145. The number of carboxylic acid groups (broad SMARTS) is 4. The van der Waals surface area contributed by atoms with Gasteiger partial charge in [0.15, 0.2) is 5.96 Å². The van der Waals surface area contributed by atoms with Crippen LogP contribution in [0, 0.1) is 0 Å². The number of aliphatic imine (C=N–C) groups is 1. The molecule has 418 valence electrons. The second kappa shape index (κ2) is 32.8. The van der Waals surface area contributed by atoms with E-state index in [1.54, 1.807) is 62.9 Å². The van der Waals surface area contributed by atoms with Gasteiger partial charge in [-0.1, -0.05) is 12.1 Å². The molecule has 27 nitrogen and oxygen atoms in total. The number of aliphatic carboxylic acids is 4. The average molecular weight is 1060 g/mol. The topological polar surface area (TPSA) is 381 Å². The molecule has 75 heavy (non-hydrogen) atoms. The lowest BCUT2D eigenvalue weighted by Crippen LogP contribution is -2.52. The van der Waals surface area contributed by atoms with Gasteiger partial charge in [0.25, 0.3) is 5.91 Å². The molecule has 12 N–H and O–H groups in total. The Balaban J connectivity index is 1.56. The molecule has 2 fully saturated rings. The second-order valence-electron chi connectivity index (χ2n) is 18.9. The van der Waals surface area contributed by atoms with E-state index < -0.39 is 91.8 Å². The van der Waals surface area contributed by atoms with E-state index in [4.69, 9.17) is 5.73 Å². The third kappa shape index (κ3) is 23.7. The summed E-state index contributed by atoms with van der Waals surface area (Å²) in [5.74, 6) is -7.39. The Labute approximate surface area is 436 Å². The summed E-state index contributed by atoms with van der Waals surface area (Å²) in [5, 5.41) is 69.2. The molecule has 28 heteroatoms. The van der Waals surface area contributed by atoms with Gasteiger partial charge in [-0.2, -0.15) is 0 Å². The van der Waals surface area contributed by atoms with Crippen LogP contribution in [0.3, 0.4) is 0 Å². The normalized spacial score (nSPS) is 17.8. The SMILES string of the molecule is C[C@@H](NC(=O)c1ccc(CNC(=O)CCCCNC(=O)[C@H](CCCN=C(N)N(C)C)NC(=O)CC[C@H](C(=O)O)N2CCN(CC(=O)O)CCN(CC(=O)O)CCN(CC(=O)O)CC2)cc1)C(=O)N1CCC[C@H]1B(O)O. The van der Waals surface area contributed by atoms with E-state index in [2.05, 4.69) is 26.3 Å². The van der Waals surface area contributed by atoms with Gasteiger partial charge in [-0.3, -0.25) is 67.7 Å². The number of benzene rings is 1. The van der Waals surface area contributed by atoms with Crippen molar-refractivity contribution in [2.24, 2.45) is 10.7 Å². The zero-order chi connectivity index (χ0) is 55.6. The minimum atomic E-state index is -1.67. The number of guanidine groups is 1. The number of rotatable bonds is 28. The van der Waals surface area contributed by atoms with Crippen molar-refractivity contribution in [3.05, 3.63) is 35.4 Å². The fourth-order valence-electron chi connectivity index (χ4n) is 8.58. The van der Waals surface area contributed by atoms with Crippen molar-refractivity contribution in [2.75, 3.05) is 106 Å². The fourth-order valence-corrected chi connectivity index (χ4v) is 8.58. The molecule has 0 spiro atoms. The largest absolute Gasteiger partial charge is 0.480 e. The average Bonchev–Trinajstić information content (AvgIpc) is 3.84. The Hall–Kier alpha value is -6.46. The van der Waals surface area contributed by atoms with Crippen molar-refractivity contribution in [3.8, 4) is 0 Å². The minimum Gasteiger partial charge on any atom is -0.480 e. The van der Waals surface area contributed by atoms with Crippen LogP contribution in [0.2, 0.25) is 0 Å². The Bertz CT molecular complexity index is 2070. The maximum Gasteiger partial charge on any atom is 0.475 e. The van der Waals surface area contributed by atoms with Gasteiger partial charge in [-0.15, -0.1) is 0 Å². The zero-order valence-electron chi connectivity index (χ0n) is 43.2. The summed E-state index contributed by atoms with van der Waals surface area (Å²) in [7, 11) is 1.76. The highest BCUT2D eigenvalue weighted by atomic mass is 16.4. The first-order valence-electron chi connectivity index (χ1n) is 25.2. The molecule has 3 rings (SSSR count). The third-order valence-corrected chi connectivity index (χ3v) is 12.8. The van der Waals surface area contributed by atoms with E-state index in [9.17, 15) is 73.6 Å². The molecule has 0 radical (unpaired) electrons. The number of nitrogens with two attached hydrogens (primary N) is 1. The molecule has 0 aromatic heterocycles. The van der Waals surface area contributed by atoms with Crippen molar-refractivity contribution in [1.82, 2.24) is 50.7 Å². The maximum atomic E-state index is 13.5. The molecule has 0 unspecified atom stereocenters. The number of unbranched alkanes of at least 4 members (excludes halogenated alkanes) is 1. The molecule has 1 aromatic rings. The summed E-state index contributed by atoms with van der Waals surface area (Å²) in [4.78, 5) is 127. The van der Waals surface area contributed by atoms with E-state index in [1.807, 2.05) is 0 Å². The molecule has 1 aromatic carbocycles. The molecule has 4 atom stereocenters. The van der Waals surface area contributed by atoms with E-state index in [0.29, 0.717) is 44.2 Å². The van der Waals surface area contributed by atoms with Crippen molar-refractivity contribution >= 4 is 66.5 Å². The highest BCUT2D eigenvalue weighted by Gasteiger charge is 2.39. The molecule has 2 aliphatic heterocycles. The quantitative estimate of drug-likeness (QED) is 0.0168. The van der Waals surface area contributed by atoms with Crippen LogP contribution in [0.1, 0.15) is 80.6 Å². The first kappa shape index (κ1) is 62.8. The van der Waals surface area contributed by atoms with Crippen LogP contribution in [-0.4, -0.2) is 256 Å². The first-order chi connectivity index (χ1) is 35.5.